The Balaban J connectivity index is 1.79. The monoisotopic (exact) mass is 365 g/mol. The number of hydrogen-bond donors (Lipinski definition) is 2. The highest BCUT2D eigenvalue weighted by Crippen LogP contribution is 2.49. The number of hydrogen-bond acceptors (Lipinski definition) is 4. The number of aldehydes is 1. The van der Waals surface area contributed by atoms with Crippen molar-refractivity contribution in [2.45, 2.75) is 63.7 Å². The Bertz CT molecular complexity index is 706. The molecule has 1 aromatic rings. The van der Waals surface area contributed by atoms with Gasteiger partial charge in [0.15, 0.2) is 0 Å². The van der Waals surface area contributed by atoms with Crippen LogP contribution in [0.4, 0.5) is 4.79 Å². The fourth-order valence-electron chi connectivity index (χ4n) is 3.42. The van der Waals surface area contributed by atoms with Gasteiger partial charge in [0, 0.05) is 16.5 Å². The summed E-state index contributed by atoms with van der Waals surface area (Å²) < 4.78 is 5.30. The number of rotatable bonds is 4. The average molecular weight is 366 g/mol. The molecule has 2 aliphatic carbocycles. The van der Waals surface area contributed by atoms with Gasteiger partial charge in [0.2, 0.25) is 0 Å². The van der Waals surface area contributed by atoms with E-state index >= 15 is 0 Å². The smallest absolute Gasteiger partial charge is 0.408 e. The largest absolute Gasteiger partial charge is 0.444 e. The van der Waals surface area contributed by atoms with Crippen molar-refractivity contribution in [3.63, 3.8) is 0 Å². The number of aliphatic hydroxyl groups excluding tert-OH is 1. The molecule has 136 valence electrons. The Kier molecular flexibility index (Phi) is 4.58. The van der Waals surface area contributed by atoms with Crippen LogP contribution in [0.5, 0.6) is 0 Å². The van der Waals surface area contributed by atoms with E-state index in [0.29, 0.717) is 36.3 Å². The number of alkyl carbamates (subject to hydrolysis) is 1. The summed E-state index contributed by atoms with van der Waals surface area (Å²) in [5.41, 5.74) is 1.26. The lowest BCUT2D eigenvalue weighted by Crippen LogP contribution is -2.44. The van der Waals surface area contributed by atoms with Gasteiger partial charge < -0.3 is 20.0 Å². The minimum Gasteiger partial charge on any atom is -0.444 e. The van der Waals surface area contributed by atoms with Crippen LogP contribution in [-0.4, -0.2) is 28.6 Å². The molecule has 1 saturated carbocycles. The van der Waals surface area contributed by atoms with Crippen molar-refractivity contribution in [3.8, 4) is 0 Å². The molecule has 2 atom stereocenters. The van der Waals surface area contributed by atoms with Crippen molar-refractivity contribution >= 4 is 24.0 Å². The van der Waals surface area contributed by atoms with Crippen LogP contribution in [0.15, 0.2) is 12.1 Å². The van der Waals surface area contributed by atoms with E-state index in [2.05, 4.69) is 5.32 Å². The number of aliphatic hydroxyl groups is 1. The number of ether oxygens (including phenoxy) is 1. The third-order valence-electron chi connectivity index (χ3n) is 4.87. The van der Waals surface area contributed by atoms with E-state index in [-0.39, 0.29) is 5.92 Å². The zero-order valence-corrected chi connectivity index (χ0v) is 15.5. The first-order valence-corrected chi connectivity index (χ1v) is 8.98. The molecular weight excluding hydrogens is 342 g/mol. The highest BCUT2D eigenvalue weighted by Gasteiger charge is 2.52. The molecular formula is C19H24ClNO4. The molecule has 5 nitrogen and oxygen atoms in total. The van der Waals surface area contributed by atoms with E-state index in [1.807, 2.05) is 6.07 Å². The molecule has 0 radical (unpaired) electrons. The van der Waals surface area contributed by atoms with Crippen molar-refractivity contribution in [1.29, 1.82) is 0 Å². The molecule has 1 amide bonds. The number of carbonyl (C=O) groups excluding carboxylic acids is 2. The van der Waals surface area contributed by atoms with Crippen molar-refractivity contribution < 1.29 is 19.4 Å². The highest BCUT2D eigenvalue weighted by atomic mass is 35.5. The number of fused-ring (bicyclic) bond motifs is 1. The third kappa shape index (κ3) is 3.67. The molecule has 0 aliphatic heterocycles. The predicted molar refractivity (Wildman–Crippen MR) is 94.7 cm³/mol. The first-order valence-electron chi connectivity index (χ1n) is 8.60. The van der Waals surface area contributed by atoms with Gasteiger partial charge in [-0.05, 0) is 57.6 Å². The number of nitrogens with one attached hydrogen (secondary N) is 1. The first kappa shape index (κ1) is 18.2. The Hall–Kier alpha value is -1.59. The normalized spacial score (nSPS) is 22.0. The molecule has 2 unspecified atom stereocenters. The minimum absolute atomic E-state index is 0.0466. The zero-order valence-electron chi connectivity index (χ0n) is 14.8. The molecule has 0 aromatic heterocycles. The van der Waals surface area contributed by atoms with Gasteiger partial charge >= 0.3 is 6.09 Å². The van der Waals surface area contributed by atoms with E-state index in [1.165, 1.54) is 0 Å². The predicted octanol–water partition coefficient (Wildman–Crippen LogP) is 3.34. The molecule has 1 aromatic carbocycles. The second-order valence-corrected chi connectivity index (χ2v) is 8.47. The Morgan fingerprint density at radius 2 is 2.08 bits per heavy atom. The molecule has 0 bridgehead atoms. The van der Waals surface area contributed by atoms with Crippen LogP contribution in [0.1, 0.15) is 56.4 Å². The van der Waals surface area contributed by atoms with Gasteiger partial charge in [-0.15, -0.1) is 0 Å². The lowest BCUT2D eigenvalue weighted by molar-refractivity contribution is -0.110. The molecule has 6 heteroatoms. The summed E-state index contributed by atoms with van der Waals surface area (Å²) in [5, 5.41) is 14.2. The SMILES string of the molecule is CC(C)(C)OC(=O)NC1(C(O)c2ccc3c(c2Cl)CC(C=O)C3)CC1. The van der Waals surface area contributed by atoms with Gasteiger partial charge in [0.05, 0.1) is 5.54 Å². The Morgan fingerprint density at radius 1 is 1.40 bits per heavy atom. The summed E-state index contributed by atoms with van der Waals surface area (Å²) in [6.07, 6.45) is 2.13. The zero-order chi connectivity index (χ0) is 18.4. The van der Waals surface area contributed by atoms with E-state index in [1.54, 1.807) is 26.8 Å². The molecule has 0 spiro atoms. The Morgan fingerprint density at radius 3 is 2.64 bits per heavy atom. The second kappa shape index (κ2) is 6.29. The van der Waals surface area contributed by atoms with E-state index in [0.717, 1.165) is 17.4 Å². The maximum atomic E-state index is 12.1. The van der Waals surface area contributed by atoms with Crippen LogP contribution < -0.4 is 5.32 Å². The van der Waals surface area contributed by atoms with E-state index < -0.39 is 23.3 Å². The number of carbonyl (C=O) groups is 2. The summed E-state index contributed by atoms with van der Waals surface area (Å²) in [6, 6.07) is 3.72. The van der Waals surface area contributed by atoms with Gasteiger partial charge in [0.1, 0.15) is 18.0 Å². The quantitative estimate of drug-likeness (QED) is 0.802. The third-order valence-corrected chi connectivity index (χ3v) is 5.31. The number of amides is 1. The maximum Gasteiger partial charge on any atom is 0.408 e. The molecule has 3 rings (SSSR count). The van der Waals surface area contributed by atoms with Crippen LogP contribution in [-0.2, 0) is 22.4 Å². The van der Waals surface area contributed by atoms with Crippen LogP contribution in [0, 0.1) is 5.92 Å². The van der Waals surface area contributed by atoms with Crippen molar-refractivity contribution in [2.75, 3.05) is 0 Å². The fraction of sp³-hybridized carbons (Fsp3) is 0.579. The molecule has 2 aliphatic rings. The highest BCUT2D eigenvalue weighted by molar-refractivity contribution is 6.32. The van der Waals surface area contributed by atoms with Gasteiger partial charge in [-0.1, -0.05) is 23.7 Å². The van der Waals surface area contributed by atoms with Gasteiger partial charge in [0.25, 0.3) is 0 Å². The van der Waals surface area contributed by atoms with Crippen molar-refractivity contribution in [3.05, 3.63) is 33.8 Å². The summed E-state index contributed by atoms with van der Waals surface area (Å²) in [7, 11) is 0. The Labute approximate surface area is 152 Å². The van der Waals surface area contributed by atoms with Crippen LogP contribution in [0.3, 0.4) is 0 Å². The molecule has 2 N–H and O–H groups in total. The maximum absolute atomic E-state index is 12.1. The first-order chi connectivity index (χ1) is 11.6. The average Bonchev–Trinajstić information content (AvgIpc) is 3.14. The molecule has 0 heterocycles. The van der Waals surface area contributed by atoms with Crippen molar-refractivity contribution in [2.24, 2.45) is 5.92 Å². The topological polar surface area (TPSA) is 75.6 Å². The van der Waals surface area contributed by atoms with Crippen LogP contribution >= 0.6 is 11.6 Å². The lowest BCUT2D eigenvalue weighted by Gasteiger charge is -2.27. The molecule has 25 heavy (non-hydrogen) atoms. The number of benzene rings is 1. The standard InChI is InChI=1S/C19H24ClNO4/c1-18(2,3)25-17(24)21-19(6-7-19)16(23)13-5-4-12-8-11(10-22)9-14(12)15(13)20/h4-5,10-11,16,23H,6-9H2,1-3H3,(H,21,24). The van der Waals surface area contributed by atoms with E-state index in [4.69, 9.17) is 16.3 Å². The molecule has 1 fully saturated rings. The summed E-state index contributed by atoms with van der Waals surface area (Å²) in [6.45, 7) is 5.39. The minimum atomic E-state index is -0.909. The second-order valence-electron chi connectivity index (χ2n) is 8.10. The summed E-state index contributed by atoms with van der Waals surface area (Å²) in [4.78, 5) is 23.1. The van der Waals surface area contributed by atoms with Crippen LogP contribution in [0.2, 0.25) is 5.02 Å². The van der Waals surface area contributed by atoms with E-state index in [9.17, 15) is 14.7 Å². The summed E-state index contributed by atoms with van der Waals surface area (Å²) in [5.74, 6) is -0.0466. The van der Waals surface area contributed by atoms with Crippen LogP contribution in [0.25, 0.3) is 0 Å². The molecule has 0 saturated heterocycles. The van der Waals surface area contributed by atoms with Gasteiger partial charge in [-0.2, -0.15) is 0 Å². The van der Waals surface area contributed by atoms with Crippen molar-refractivity contribution in [1.82, 2.24) is 5.32 Å². The fourth-order valence-corrected chi connectivity index (χ4v) is 3.79. The van der Waals surface area contributed by atoms with Gasteiger partial charge in [-0.25, -0.2) is 4.79 Å². The summed E-state index contributed by atoms with van der Waals surface area (Å²) >= 11 is 6.53. The number of halogens is 1. The lowest BCUT2D eigenvalue weighted by atomic mass is 9.96. The van der Waals surface area contributed by atoms with Gasteiger partial charge in [-0.3, -0.25) is 0 Å².